The molecule has 0 unspecified atom stereocenters. The third kappa shape index (κ3) is 5.90. The Morgan fingerprint density at radius 3 is 2.54 bits per heavy atom. The maximum atomic E-state index is 12.8. The molecule has 0 fully saturated rings. The second kappa shape index (κ2) is 8.54. The van der Waals surface area contributed by atoms with E-state index in [9.17, 15) is 26.4 Å². The van der Waals surface area contributed by atoms with Crippen molar-refractivity contribution in [3.63, 3.8) is 0 Å². The first-order valence-electron chi connectivity index (χ1n) is 7.69. The lowest BCUT2D eigenvalue weighted by Crippen LogP contribution is -2.15. The summed E-state index contributed by atoms with van der Waals surface area (Å²) >= 11 is 5.88. The monoisotopic (exact) mass is 431 g/mol. The standard InChI is InChI=1S/C18H13ClF3NO4S/c19-14-8-9-16(12(10-14)4-1-2-7-17(24)25)23-28(26,27)15-6-3-5-13(11-15)18(20,21)22/h3,5-6,8-11,23H,2,7H2,(H,24,25). The molecule has 2 rings (SSSR count). The number of rotatable bonds is 5. The van der Waals surface area contributed by atoms with Crippen molar-refractivity contribution in [1.82, 2.24) is 0 Å². The van der Waals surface area contributed by atoms with Gasteiger partial charge >= 0.3 is 12.1 Å². The zero-order valence-electron chi connectivity index (χ0n) is 14.0. The predicted molar refractivity (Wildman–Crippen MR) is 97.5 cm³/mol. The summed E-state index contributed by atoms with van der Waals surface area (Å²) in [4.78, 5) is 9.95. The van der Waals surface area contributed by atoms with Crippen molar-refractivity contribution in [3.8, 4) is 11.8 Å². The van der Waals surface area contributed by atoms with E-state index in [4.69, 9.17) is 16.7 Å². The molecule has 2 N–H and O–H groups in total. The van der Waals surface area contributed by atoms with Gasteiger partial charge in [-0.15, -0.1) is 0 Å². The highest BCUT2D eigenvalue weighted by atomic mass is 35.5. The van der Waals surface area contributed by atoms with Crippen molar-refractivity contribution < 1.29 is 31.5 Å². The van der Waals surface area contributed by atoms with Gasteiger partial charge in [-0.25, -0.2) is 8.42 Å². The molecule has 0 aromatic heterocycles. The fraction of sp³-hybridized carbons (Fsp3) is 0.167. The molecule has 0 bridgehead atoms. The Balaban J connectivity index is 2.35. The van der Waals surface area contributed by atoms with Crippen LogP contribution in [-0.4, -0.2) is 19.5 Å². The van der Waals surface area contributed by atoms with Crippen molar-refractivity contribution >= 4 is 33.3 Å². The summed E-state index contributed by atoms with van der Waals surface area (Å²) in [6, 6.07) is 7.37. The molecule has 28 heavy (non-hydrogen) atoms. The molecule has 0 aliphatic carbocycles. The average Bonchev–Trinajstić information content (AvgIpc) is 2.60. The fourth-order valence-corrected chi connectivity index (χ4v) is 3.38. The summed E-state index contributed by atoms with van der Waals surface area (Å²) in [5.74, 6) is 4.16. The van der Waals surface area contributed by atoms with Gasteiger partial charge in [-0.3, -0.25) is 9.52 Å². The Labute approximate surface area is 164 Å². The molecule has 0 radical (unpaired) electrons. The molecule has 0 saturated heterocycles. The molecule has 0 spiro atoms. The van der Waals surface area contributed by atoms with E-state index in [-0.39, 0.29) is 29.1 Å². The van der Waals surface area contributed by atoms with Crippen LogP contribution in [0.1, 0.15) is 24.0 Å². The Hall–Kier alpha value is -2.70. The number of aliphatic carboxylic acids is 1. The summed E-state index contributed by atoms with van der Waals surface area (Å²) in [7, 11) is -4.33. The predicted octanol–water partition coefficient (Wildman–Crippen LogP) is 4.38. The lowest BCUT2D eigenvalue weighted by atomic mass is 10.2. The van der Waals surface area contributed by atoms with Gasteiger partial charge in [0.15, 0.2) is 0 Å². The summed E-state index contributed by atoms with van der Waals surface area (Å²) in [5, 5.41) is 8.86. The maximum Gasteiger partial charge on any atom is 0.416 e. The minimum atomic E-state index is -4.69. The lowest BCUT2D eigenvalue weighted by molar-refractivity contribution is -0.138. The number of carboxylic acid groups (broad SMARTS) is 1. The Bertz CT molecular complexity index is 1060. The van der Waals surface area contributed by atoms with Gasteiger partial charge in [0, 0.05) is 11.4 Å². The third-order valence-corrected chi connectivity index (χ3v) is 4.98. The van der Waals surface area contributed by atoms with Crippen LogP contribution in [0.15, 0.2) is 47.4 Å². The van der Waals surface area contributed by atoms with Crippen LogP contribution in [0.2, 0.25) is 5.02 Å². The van der Waals surface area contributed by atoms with E-state index in [1.807, 2.05) is 0 Å². The number of nitrogens with one attached hydrogen (secondary N) is 1. The van der Waals surface area contributed by atoms with Crippen LogP contribution >= 0.6 is 11.6 Å². The molecular weight excluding hydrogens is 419 g/mol. The highest BCUT2D eigenvalue weighted by Crippen LogP contribution is 2.31. The van der Waals surface area contributed by atoms with Crippen molar-refractivity contribution in [1.29, 1.82) is 0 Å². The van der Waals surface area contributed by atoms with E-state index < -0.39 is 32.6 Å². The fourth-order valence-electron chi connectivity index (χ4n) is 2.08. The van der Waals surface area contributed by atoms with Crippen LogP contribution in [0.3, 0.4) is 0 Å². The van der Waals surface area contributed by atoms with Crippen LogP contribution < -0.4 is 4.72 Å². The van der Waals surface area contributed by atoms with Gasteiger partial charge in [-0.05, 0) is 36.4 Å². The summed E-state index contributed by atoms with van der Waals surface area (Å²) in [5.41, 5.74) is -0.932. The van der Waals surface area contributed by atoms with Crippen molar-refractivity contribution in [2.45, 2.75) is 23.9 Å². The normalized spacial score (nSPS) is 11.4. The molecule has 0 aliphatic rings. The maximum absolute atomic E-state index is 12.8. The molecule has 5 nitrogen and oxygen atoms in total. The topological polar surface area (TPSA) is 83.5 Å². The van der Waals surface area contributed by atoms with Gasteiger partial charge < -0.3 is 5.11 Å². The van der Waals surface area contributed by atoms with Gasteiger partial charge in [-0.1, -0.05) is 29.5 Å². The molecule has 2 aromatic rings. The highest BCUT2D eigenvalue weighted by molar-refractivity contribution is 7.92. The van der Waals surface area contributed by atoms with Crippen molar-refractivity contribution in [2.24, 2.45) is 0 Å². The number of carbonyl (C=O) groups is 1. The first kappa shape index (κ1) is 21.6. The van der Waals surface area contributed by atoms with Crippen LogP contribution in [0.5, 0.6) is 0 Å². The minimum absolute atomic E-state index is 0.00429. The molecule has 10 heteroatoms. The number of hydrogen-bond acceptors (Lipinski definition) is 3. The molecule has 148 valence electrons. The summed E-state index contributed by atoms with van der Waals surface area (Å²) in [6.07, 6.45) is -4.85. The quantitative estimate of drug-likeness (QED) is 0.688. The van der Waals surface area contributed by atoms with E-state index >= 15 is 0 Å². The second-order valence-corrected chi connectivity index (χ2v) is 7.64. The van der Waals surface area contributed by atoms with Gasteiger partial charge in [0.25, 0.3) is 10.0 Å². The third-order valence-electron chi connectivity index (χ3n) is 3.38. The number of sulfonamides is 1. The van der Waals surface area contributed by atoms with Gasteiger partial charge in [0.05, 0.1) is 28.1 Å². The zero-order chi connectivity index (χ0) is 20.9. The lowest BCUT2D eigenvalue weighted by Gasteiger charge is -2.12. The molecule has 0 atom stereocenters. The molecule has 0 amide bonds. The summed E-state index contributed by atoms with van der Waals surface area (Å²) in [6.45, 7) is 0. The van der Waals surface area contributed by atoms with Crippen LogP contribution in [0, 0.1) is 11.8 Å². The largest absolute Gasteiger partial charge is 0.481 e. The number of anilines is 1. The number of halogens is 4. The average molecular weight is 432 g/mol. The van der Waals surface area contributed by atoms with E-state index in [2.05, 4.69) is 16.6 Å². The molecule has 0 saturated carbocycles. The smallest absolute Gasteiger partial charge is 0.416 e. The Morgan fingerprint density at radius 2 is 1.89 bits per heavy atom. The molecule has 2 aromatic carbocycles. The number of hydrogen-bond donors (Lipinski definition) is 2. The molecule has 0 aliphatic heterocycles. The van der Waals surface area contributed by atoms with E-state index in [0.717, 1.165) is 18.2 Å². The van der Waals surface area contributed by atoms with Crippen LogP contribution in [0.4, 0.5) is 18.9 Å². The highest BCUT2D eigenvalue weighted by Gasteiger charge is 2.31. The number of carboxylic acids is 1. The zero-order valence-corrected chi connectivity index (χ0v) is 15.6. The number of alkyl halides is 3. The first-order valence-corrected chi connectivity index (χ1v) is 9.55. The number of benzene rings is 2. The van der Waals surface area contributed by atoms with Gasteiger partial charge in [-0.2, -0.15) is 13.2 Å². The van der Waals surface area contributed by atoms with Crippen LogP contribution in [0.25, 0.3) is 0 Å². The summed E-state index contributed by atoms with van der Waals surface area (Å²) < 4.78 is 65.7. The van der Waals surface area contributed by atoms with E-state index in [0.29, 0.717) is 6.07 Å². The minimum Gasteiger partial charge on any atom is -0.481 e. The van der Waals surface area contributed by atoms with Crippen molar-refractivity contribution in [3.05, 3.63) is 58.6 Å². The second-order valence-electron chi connectivity index (χ2n) is 5.52. The molecule has 0 heterocycles. The first-order chi connectivity index (χ1) is 13.0. The van der Waals surface area contributed by atoms with Gasteiger partial charge in [0.2, 0.25) is 0 Å². The SMILES string of the molecule is O=C(O)CCC#Cc1cc(Cl)ccc1NS(=O)(=O)c1cccc(C(F)(F)F)c1. The molecular formula is C18H13ClF3NO4S. The Morgan fingerprint density at radius 1 is 1.18 bits per heavy atom. The van der Waals surface area contributed by atoms with Crippen molar-refractivity contribution in [2.75, 3.05) is 4.72 Å². The van der Waals surface area contributed by atoms with E-state index in [1.165, 1.54) is 18.2 Å². The van der Waals surface area contributed by atoms with Gasteiger partial charge in [0.1, 0.15) is 0 Å². The Kier molecular flexibility index (Phi) is 6.59. The van der Waals surface area contributed by atoms with Crippen LogP contribution in [-0.2, 0) is 21.0 Å². The van der Waals surface area contributed by atoms with E-state index in [1.54, 1.807) is 0 Å².